The smallest absolute Gasteiger partial charge is 0.310 e. The molecule has 0 unspecified atom stereocenters. The lowest BCUT2D eigenvalue weighted by Gasteiger charge is -2.21. The van der Waals surface area contributed by atoms with Crippen molar-refractivity contribution in [2.45, 2.75) is 86.8 Å². The van der Waals surface area contributed by atoms with Crippen LogP contribution in [-0.2, 0) is 79.1 Å². The summed E-state index contributed by atoms with van der Waals surface area (Å²) in [6.45, 7) is 11.8. The van der Waals surface area contributed by atoms with Crippen LogP contribution in [0.5, 0.6) is 0 Å². The van der Waals surface area contributed by atoms with Crippen LogP contribution in [0, 0.1) is 32.9 Å². The molecule has 4 aromatic heterocycles. The first-order valence-electron chi connectivity index (χ1n) is 32.7. The maximum Gasteiger partial charge on any atom is 0.310 e. The summed E-state index contributed by atoms with van der Waals surface area (Å²) in [5.74, 6) is -1.12. The molecule has 0 bridgehead atoms. The molecule has 0 fully saturated rings. The molecule has 16 rings (SSSR count). The van der Waals surface area contributed by atoms with Crippen molar-refractivity contribution >= 4 is 174 Å². The molecule has 12 aromatic rings. The Balaban J connectivity index is 0.000000133. The monoisotopic (exact) mass is 1600 g/mol. The molecule has 0 saturated heterocycles. The number of pyridine rings is 4. The number of benzene rings is 8. The molecule has 8 heterocycles. The van der Waals surface area contributed by atoms with Gasteiger partial charge in [0.2, 0.25) is 0 Å². The molecular formula is C76H67Cl5N8O13S4. The Morgan fingerprint density at radius 1 is 0.472 bits per heavy atom. The molecule has 106 heavy (non-hydrogen) atoms. The van der Waals surface area contributed by atoms with Gasteiger partial charge in [0.05, 0.1) is 36.6 Å². The number of hydrogen-bond donors (Lipinski definition) is 2. The van der Waals surface area contributed by atoms with E-state index in [4.69, 9.17) is 57.1 Å². The van der Waals surface area contributed by atoms with Gasteiger partial charge in [-0.25, -0.2) is 33.7 Å². The number of carbonyl (C=O) groups excluding carboxylic acids is 2. The first kappa shape index (κ1) is 77.7. The number of aromatic nitrogens is 4. The summed E-state index contributed by atoms with van der Waals surface area (Å²) in [6.07, 6.45) is 14.0. The summed E-state index contributed by atoms with van der Waals surface area (Å²) >= 11 is 24.0. The summed E-state index contributed by atoms with van der Waals surface area (Å²) in [4.78, 5) is 43.3. The highest BCUT2D eigenvalue weighted by Crippen LogP contribution is 2.41. The minimum atomic E-state index is -3.81. The van der Waals surface area contributed by atoms with Crippen LogP contribution in [0.15, 0.2) is 213 Å². The van der Waals surface area contributed by atoms with E-state index in [0.717, 1.165) is 62.0 Å². The van der Waals surface area contributed by atoms with E-state index in [1.807, 2.05) is 43.3 Å². The number of hydrogen-bond acceptors (Lipinski definition) is 16. The Bertz CT molecular complexity index is 6030. The first-order valence-corrected chi connectivity index (χ1v) is 40.9. The van der Waals surface area contributed by atoms with Gasteiger partial charge < -0.3 is 20.2 Å². The summed E-state index contributed by atoms with van der Waals surface area (Å²) in [6, 6.07) is 42.0. The fourth-order valence-electron chi connectivity index (χ4n) is 13.1. The van der Waals surface area contributed by atoms with Gasteiger partial charge in [-0.3, -0.25) is 37.3 Å². The van der Waals surface area contributed by atoms with Crippen molar-refractivity contribution in [1.82, 2.24) is 15.0 Å². The number of esters is 2. The minimum Gasteiger partial charge on any atom is -0.619 e. The molecule has 8 aromatic carbocycles. The molecule has 0 aliphatic carbocycles. The van der Waals surface area contributed by atoms with Gasteiger partial charge in [-0.05, 0) is 177 Å². The molecule has 4 aliphatic heterocycles. The summed E-state index contributed by atoms with van der Waals surface area (Å²) in [5.41, 5.74) is 10.1. The third-order valence-corrected chi connectivity index (χ3v) is 25.6. The number of ether oxygens (including phenoxy) is 1. The number of anilines is 4. The standard InChI is InChI=1S/2C18H15ClN2O3S.C18H15ClN2O2S.C10H8ClNO2S.C8H8ClN.C4H6O3/c1-12-10-20(22)11-14-3-2-4-17(18(12)14)25(23,24)21-8-7-13-5-6-15(19)9-16(13)21;1-11-10-20-18(22)14-3-2-4-16(17(11)14)25(23,24)21-8-7-12-5-6-13(19)9-15(12)21;1-12-10-20-11-14-3-2-4-17(18(12)14)24(22,23)21-8-7-13-5-6-15(19)9-16(13)21;1-7-5-12-6-8-3-2-4-9(10(7)8)15(11,13)14;9-7-2-1-6-3-4-10-8(6)5-7;1-3(5)7-4(2)6/h2-6,9-11H,7-8H2,1H3;2-6,9-10H,7-8H2,1H3,(H,20,22);2-6,9-11H,7-8H2,1H3;2-6H,1H3;1-2,5,10H,3-4H2;1-2H3. The number of sulfonamides is 3. The second-order valence-corrected chi connectivity index (χ2v) is 34.7. The van der Waals surface area contributed by atoms with E-state index >= 15 is 0 Å². The third kappa shape index (κ3) is 16.7. The highest BCUT2D eigenvalue weighted by Gasteiger charge is 2.36. The van der Waals surface area contributed by atoms with Crippen molar-refractivity contribution in [2.75, 3.05) is 44.4 Å². The van der Waals surface area contributed by atoms with Crippen LogP contribution in [0.1, 0.15) is 58.4 Å². The van der Waals surface area contributed by atoms with Gasteiger partial charge >= 0.3 is 11.9 Å². The minimum absolute atomic E-state index is 0.140. The van der Waals surface area contributed by atoms with Gasteiger partial charge in [-0.1, -0.05) is 107 Å². The van der Waals surface area contributed by atoms with Crippen molar-refractivity contribution in [3.05, 3.63) is 269 Å². The molecule has 0 amide bonds. The highest BCUT2D eigenvalue weighted by molar-refractivity contribution is 8.14. The Hall–Kier alpha value is -9.41. The second kappa shape index (κ2) is 32.0. The van der Waals surface area contributed by atoms with Crippen LogP contribution in [0.2, 0.25) is 20.1 Å². The van der Waals surface area contributed by atoms with Crippen molar-refractivity contribution in [1.29, 1.82) is 0 Å². The number of rotatable bonds is 7. The van der Waals surface area contributed by atoms with E-state index in [2.05, 4.69) is 31.1 Å². The molecular weight excluding hydrogens is 1540 g/mol. The van der Waals surface area contributed by atoms with Gasteiger partial charge in [0.25, 0.3) is 44.7 Å². The van der Waals surface area contributed by atoms with Gasteiger partial charge in [0.15, 0.2) is 12.4 Å². The van der Waals surface area contributed by atoms with E-state index in [9.17, 15) is 53.3 Å². The lowest BCUT2D eigenvalue weighted by Crippen LogP contribution is -2.30. The number of aryl methyl sites for hydroxylation is 4. The molecule has 21 nitrogen and oxygen atoms in total. The molecule has 30 heteroatoms. The van der Waals surface area contributed by atoms with E-state index in [-0.39, 0.29) is 20.2 Å². The van der Waals surface area contributed by atoms with Gasteiger partial charge in [-0.2, -0.15) is 4.73 Å². The number of H-pyrrole nitrogens is 1. The van der Waals surface area contributed by atoms with Crippen molar-refractivity contribution in [2.24, 2.45) is 0 Å². The third-order valence-electron chi connectivity index (χ3n) is 17.7. The fourth-order valence-corrected chi connectivity index (χ4v) is 20.3. The molecule has 548 valence electrons. The first-order chi connectivity index (χ1) is 50.2. The topological polar surface area (TPSA) is 287 Å². The van der Waals surface area contributed by atoms with Crippen LogP contribution in [0.25, 0.3) is 43.1 Å². The Morgan fingerprint density at radius 2 is 0.868 bits per heavy atom. The maximum atomic E-state index is 13.4. The zero-order valence-electron chi connectivity index (χ0n) is 57.6. The molecule has 0 atom stereocenters. The number of aromatic amines is 1. The van der Waals surface area contributed by atoms with E-state index in [0.29, 0.717) is 119 Å². The van der Waals surface area contributed by atoms with Gasteiger partial charge in [-0.15, -0.1) is 0 Å². The molecule has 2 N–H and O–H groups in total. The Kier molecular flexibility index (Phi) is 23.4. The number of carbonyl (C=O) groups is 2. The summed E-state index contributed by atoms with van der Waals surface area (Å²) in [5, 5.41) is 22.2. The lowest BCUT2D eigenvalue weighted by atomic mass is 10.1. The highest BCUT2D eigenvalue weighted by atomic mass is 35.7. The summed E-state index contributed by atoms with van der Waals surface area (Å²) in [7, 11) is -9.60. The maximum absolute atomic E-state index is 13.4. The SMILES string of the molecule is CC(=O)OC(C)=O.Cc1c[n+]([O-])cc2cccc(S(=O)(=O)N3CCc4ccc(Cl)cc43)c12.Cc1c[nH]c(=O)c2cccc(S(=O)(=O)N3CCc4ccc(Cl)cc43)c12.Cc1cncc2cccc(S(=O)(=O)Cl)c12.Cc1cncc2cccc(S(=O)(=O)N3CCc4ccc(Cl)cc43)c12.Clc1ccc2c(c1)NCC2. The predicted molar refractivity (Wildman–Crippen MR) is 418 cm³/mol. The zero-order valence-corrected chi connectivity index (χ0v) is 64.6. The molecule has 0 saturated carbocycles. The predicted octanol–water partition coefficient (Wildman–Crippen LogP) is 15.3. The number of halogens is 5. The van der Waals surface area contributed by atoms with Gasteiger partial charge in [0.1, 0.15) is 0 Å². The van der Waals surface area contributed by atoms with Gasteiger partial charge in [0, 0.05) is 156 Å². The lowest BCUT2D eigenvalue weighted by molar-refractivity contribution is -0.604. The molecule has 0 radical (unpaired) electrons. The van der Waals surface area contributed by atoms with E-state index < -0.39 is 51.1 Å². The quantitative estimate of drug-likeness (QED) is 0.0493. The average molecular weight is 1610 g/mol. The second-order valence-electron chi connectivity index (χ2n) is 24.9. The van der Waals surface area contributed by atoms with Crippen LogP contribution in [-0.4, -0.2) is 86.7 Å². The van der Waals surface area contributed by atoms with Crippen LogP contribution in [0.4, 0.5) is 22.7 Å². The van der Waals surface area contributed by atoms with Crippen molar-refractivity contribution in [3.63, 3.8) is 0 Å². The zero-order chi connectivity index (χ0) is 76.3. The Labute approximate surface area is 637 Å². The van der Waals surface area contributed by atoms with Crippen LogP contribution < -0.4 is 28.5 Å². The molecule has 4 aliphatic rings. The van der Waals surface area contributed by atoms with Crippen LogP contribution >= 0.6 is 57.1 Å². The Morgan fingerprint density at radius 3 is 1.31 bits per heavy atom. The number of nitrogens with zero attached hydrogens (tertiary/aromatic N) is 6. The van der Waals surface area contributed by atoms with Crippen molar-refractivity contribution < 1.29 is 52.7 Å². The van der Waals surface area contributed by atoms with E-state index in [1.54, 1.807) is 149 Å². The van der Waals surface area contributed by atoms with E-state index in [1.165, 1.54) is 56.5 Å². The largest absolute Gasteiger partial charge is 0.619 e. The summed E-state index contributed by atoms with van der Waals surface area (Å²) < 4.78 is 112. The average Bonchev–Trinajstić information content (AvgIpc) is 1.40. The van der Waals surface area contributed by atoms with Crippen molar-refractivity contribution in [3.8, 4) is 0 Å². The van der Waals surface area contributed by atoms with Crippen LogP contribution in [0.3, 0.4) is 0 Å². The number of nitrogens with one attached hydrogen (secondary N) is 2. The normalized spacial score (nSPS) is 13.4. The fraction of sp³-hybridized carbons (Fsp3) is 0.184. The molecule has 0 spiro atoms. The number of fused-ring (bicyclic) bond motifs is 8.